The fourth-order valence-electron chi connectivity index (χ4n) is 6.63. The van der Waals surface area contributed by atoms with Gasteiger partial charge < -0.3 is 0 Å². The molecule has 3 aromatic carbocycles. The molecule has 0 aliphatic rings. The molecule has 9 heteroatoms. The Hall–Kier alpha value is -6.35. The fraction of sp³-hybridized carbons (Fsp3) is 0.0256. The molecule has 0 saturated heterocycles. The number of halogens is 3. The molecule has 6 nitrogen and oxygen atoms in total. The van der Waals surface area contributed by atoms with Crippen LogP contribution in [0.3, 0.4) is 0 Å². The molecule has 48 heavy (non-hydrogen) atoms. The molecule has 9 rings (SSSR count). The van der Waals surface area contributed by atoms with Gasteiger partial charge in [-0.25, -0.2) is 9.97 Å². The van der Waals surface area contributed by atoms with Crippen LogP contribution in [-0.2, 0) is 6.18 Å². The van der Waals surface area contributed by atoms with Crippen LogP contribution in [0.25, 0.3) is 77.8 Å². The van der Waals surface area contributed by atoms with Crippen molar-refractivity contribution in [2.75, 3.05) is 0 Å². The van der Waals surface area contributed by atoms with Gasteiger partial charge in [0.1, 0.15) is 11.6 Å². The first kappa shape index (κ1) is 27.9. The number of fused-ring (bicyclic) bond motifs is 6. The standard InChI is InChI=1S/C39H23F3N6/c40-39(41,42)26-20-24(31-9-5-13-37(45-31)47-33-11-3-1-7-27(33)29-15-17-43-22-35(29)47)19-25(21-26)32-10-6-14-38(46-32)48-34-12-4-2-8-28(34)30-16-18-44-23-36(30)48/h1-23H. The van der Waals surface area contributed by atoms with Crippen molar-refractivity contribution in [3.8, 4) is 34.2 Å². The summed E-state index contributed by atoms with van der Waals surface area (Å²) < 4.78 is 47.2. The van der Waals surface area contributed by atoms with E-state index in [1.807, 2.05) is 94.1 Å². The van der Waals surface area contributed by atoms with Crippen molar-refractivity contribution in [3.63, 3.8) is 0 Å². The quantitative estimate of drug-likeness (QED) is 0.194. The van der Waals surface area contributed by atoms with Crippen LogP contribution >= 0.6 is 0 Å². The average molecular weight is 633 g/mol. The van der Waals surface area contributed by atoms with E-state index < -0.39 is 11.7 Å². The van der Waals surface area contributed by atoms with Crippen molar-refractivity contribution in [2.24, 2.45) is 0 Å². The van der Waals surface area contributed by atoms with Gasteiger partial charge in [-0.2, -0.15) is 13.2 Å². The van der Waals surface area contributed by atoms with Gasteiger partial charge in [0.2, 0.25) is 0 Å². The number of nitrogens with zero attached hydrogens (tertiary/aromatic N) is 6. The molecular weight excluding hydrogens is 609 g/mol. The van der Waals surface area contributed by atoms with Crippen molar-refractivity contribution < 1.29 is 13.2 Å². The molecule has 0 atom stereocenters. The van der Waals surface area contributed by atoms with Gasteiger partial charge in [0.15, 0.2) is 0 Å². The predicted octanol–water partition coefficient (Wildman–Crippen LogP) is 9.81. The first-order valence-corrected chi connectivity index (χ1v) is 15.3. The van der Waals surface area contributed by atoms with E-state index in [0.717, 1.165) is 55.7 Å². The van der Waals surface area contributed by atoms with E-state index in [9.17, 15) is 13.2 Å². The topological polar surface area (TPSA) is 61.4 Å². The molecule has 0 aliphatic heterocycles. The number of pyridine rings is 4. The van der Waals surface area contributed by atoms with E-state index in [1.165, 1.54) is 0 Å². The molecule has 0 fully saturated rings. The first-order chi connectivity index (χ1) is 23.4. The highest BCUT2D eigenvalue weighted by Gasteiger charge is 2.32. The molecule has 9 aromatic rings. The Morgan fingerprint density at radius 1 is 0.458 bits per heavy atom. The van der Waals surface area contributed by atoms with Gasteiger partial charge in [0.25, 0.3) is 0 Å². The lowest BCUT2D eigenvalue weighted by Crippen LogP contribution is -2.06. The minimum Gasteiger partial charge on any atom is -0.292 e. The maximum absolute atomic E-state index is 14.4. The highest BCUT2D eigenvalue weighted by Crippen LogP contribution is 2.38. The summed E-state index contributed by atoms with van der Waals surface area (Å²) >= 11 is 0. The Bertz CT molecular complexity index is 2410. The van der Waals surface area contributed by atoms with Crippen molar-refractivity contribution >= 4 is 43.6 Å². The molecule has 0 bridgehead atoms. The molecule has 0 saturated carbocycles. The van der Waals surface area contributed by atoms with Crippen molar-refractivity contribution in [1.29, 1.82) is 0 Å². The average Bonchev–Trinajstić information content (AvgIpc) is 3.64. The second kappa shape index (κ2) is 10.6. The van der Waals surface area contributed by atoms with E-state index in [0.29, 0.717) is 34.2 Å². The molecular formula is C39H23F3N6. The summed E-state index contributed by atoms with van der Waals surface area (Å²) in [6.45, 7) is 0. The molecule has 0 radical (unpaired) electrons. The maximum atomic E-state index is 14.4. The van der Waals surface area contributed by atoms with E-state index in [1.54, 1.807) is 43.0 Å². The molecule has 6 aromatic heterocycles. The van der Waals surface area contributed by atoms with Gasteiger partial charge in [0, 0.05) is 45.1 Å². The summed E-state index contributed by atoms with van der Waals surface area (Å²) in [5, 5.41) is 4.10. The van der Waals surface area contributed by atoms with E-state index in [2.05, 4.69) is 9.97 Å². The lowest BCUT2D eigenvalue weighted by atomic mass is 10.0. The Kier molecular flexibility index (Phi) is 6.16. The number of hydrogen-bond donors (Lipinski definition) is 0. The second-order valence-electron chi connectivity index (χ2n) is 11.5. The summed E-state index contributed by atoms with van der Waals surface area (Å²) in [5.41, 5.74) is 4.24. The van der Waals surface area contributed by atoms with Crippen molar-refractivity contribution in [3.05, 3.63) is 146 Å². The second-order valence-corrected chi connectivity index (χ2v) is 11.5. The molecule has 6 heterocycles. The zero-order valence-electron chi connectivity index (χ0n) is 25.1. The lowest BCUT2D eigenvalue weighted by molar-refractivity contribution is -0.137. The number of alkyl halides is 3. The third kappa shape index (κ3) is 4.43. The molecule has 0 N–H and O–H groups in total. The number of hydrogen-bond acceptors (Lipinski definition) is 4. The molecule has 0 aliphatic carbocycles. The minimum atomic E-state index is -4.59. The van der Waals surface area contributed by atoms with Gasteiger partial charge in [-0.3, -0.25) is 19.1 Å². The smallest absolute Gasteiger partial charge is 0.292 e. The minimum absolute atomic E-state index is 0.328. The van der Waals surface area contributed by atoms with Crippen molar-refractivity contribution in [1.82, 2.24) is 29.1 Å². The predicted molar refractivity (Wildman–Crippen MR) is 182 cm³/mol. The van der Waals surface area contributed by atoms with E-state index in [4.69, 9.17) is 9.97 Å². The first-order valence-electron chi connectivity index (χ1n) is 15.3. The van der Waals surface area contributed by atoms with Crippen molar-refractivity contribution in [2.45, 2.75) is 6.18 Å². The molecule has 230 valence electrons. The van der Waals surface area contributed by atoms with Crippen LogP contribution < -0.4 is 0 Å². The van der Waals surface area contributed by atoms with Crippen LogP contribution in [0.4, 0.5) is 13.2 Å². The summed E-state index contributed by atoms with van der Waals surface area (Å²) in [5.74, 6) is 1.15. The molecule has 0 spiro atoms. The van der Waals surface area contributed by atoms with Gasteiger partial charge in [-0.1, -0.05) is 48.5 Å². The Balaban J connectivity index is 1.21. The normalized spacial score (nSPS) is 12.1. The molecule has 0 unspecified atom stereocenters. The number of para-hydroxylation sites is 2. The number of rotatable bonds is 4. The fourth-order valence-corrected chi connectivity index (χ4v) is 6.63. The van der Waals surface area contributed by atoms with Crippen LogP contribution in [0.1, 0.15) is 5.56 Å². The third-order valence-electron chi connectivity index (χ3n) is 8.73. The van der Waals surface area contributed by atoms with Crippen LogP contribution in [0.2, 0.25) is 0 Å². The Morgan fingerprint density at radius 3 is 1.40 bits per heavy atom. The highest BCUT2D eigenvalue weighted by molar-refractivity contribution is 6.09. The van der Waals surface area contributed by atoms with Gasteiger partial charge in [-0.05, 0) is 66.7 Å². The monoisotopic (exact) mass is 632 g/mol. The molecule has 0 amide bonds. The van der Waals surface area contributed by atoms with Crippen LogP contribution in [0.15, 0.2) is 140 Å². The van der Waals surface area contributed by atoms with Gasteiger partial charge >= 0.3 is 6.18 Å². The van der Waals surface area contributed by atoms with Crippen LogP contribution in [0.5, 0.6) is 0 Å². The zero-order valence-corrected chi connectivity index (χ0v) is 25.1. The number of benzene rings is 3. The number of aromatic nitrogens is 6. The van der Waals surface area contributed by atoms with Crippen LogP contribution in [-0.4, -0.2) is 29.1 Å². The van der Waals surface area contributed by atoms with E-state index in [-0.39, 0.29) is 0 Å². The third-order valence-corrected chi connectivity index (χ3v) is 8.73. The van der Waals surface area contributed by atoms with Gasteiger partial charge in [0.05, 0.1) is 51.4 Å². The van der Waals surface area contributed by atoms with E-state index >= 15 is 0 Å². The summed E-state index contributed by atoms with van der Waals surface area (Å²) in [6.07, 6.45) is 2.45. The Labute approximate surface area is 271 Å². The van der Waals surface area contributed by atoms with Gasteiger partial charge in [-0.15, -0.1) is 0 Å². The maximum Gasteiger partial charge on any atom is 0.416 e. The SMILES string of the molecule is FC(F)(F)c1cc(-c2cccc(-n3c4ccccc4c4ccncc43)n2)cc(-c2cccc(-n3c4ccccc4c4ccncc43)n2)c1. The largest absolute Gasteiger partial charge is 0.416 e. The Morgan fingerprint density at radius 2 is 0.917 bits per heavy atom. The summed E-state index contributed by atoms with van der Waals surface area (Å²) in [4.78, 5) is 18.5. The lowest BCUT2D eigenvalue weighted by Gasteiger charge is -2.14. The summed E-state index contributed by atoms with van der Waals surface area (Å²) in [7, 11) is 0. The zero-order chi connectivity index (χ0) is 32.4. The summed E-state index contributed by atoms with van der Waals surface area (Å²) in [6, 6.07) is 34.6. The van der Waals surface area contributed by atoms with Crippen LogP contribution in [0, 0.1) is 0 Å². The highest BCUT2D eigenvalue weighted by atomic mass is 19.4.